The molecule has 0 spiro atoms. The summed E-state index contributed by atoms with van der Waals surface area (Å²) in [4.78, 5) is 0. The van der Waals surface area contributed by atoms with Gasteiger partial charge in [-0.3, -0.25) is 0 Å². The first-order chi connectivity index (χ1) is 10.8. The second-order valence-electron chi connectivity index (χ2n) is 5.05. The standard InChI is InChI=1S/C13H16.C6H12.2C2H6/c1-9(2)12(5)13-8-10(3)6-7-11(13)4;1-4-6(3)5-2;2*1-2/h6-8H,1,4H2,2-3,5H3;4H,5H2,1-3H3;2*1-2H3/b13-12+;6-4+;;. The summed E-state index contributed by atoms with van der Waals surface area (Å²) in [5, 5.41) is 2.29. The molecule has 0 heteroatoms. The molecule has 0 heterocycles. The van der Waals surface area contributed by atoms with E-state index in [4.69, 9.17) is 0 Å². The van der Waals surface area contributed by atoms with Crippen LogP contribution in [0.1, 0.15) is 74.3 Å². The molecule has 23 heavy (non-hydrogen) atoms. The monoisotopic (exact) mass is 316 g/mol. The van der Waals surface area contributed by atoms with E-state index in [1.54, 1.807) is 0 Å². The second-order valence-corrected chi connectivity index (χ2v) is 5.05. The summed E-state index contributed by atoms with van der Waals surface area (Å²) >= 11 is 0. The van der Waals surface area contributed by atoms with Crippen LogP contribution < -0.4 is 10.4 Å². The van der Waals surface area contributed by atoms with E-state index in [2.05, 4.69) is 72.1 Å². The van der Waals surface area contributed by atoms with Gasteiger partial charge in [0, 0.05) is 0 Å². The molecule has 0 aromatic heterocycles. The van der Waals surface area contributed by atoms with Crippen LogP contribution in [0.5, 0.6) is 0 Å². The number of hydrogen-bond donors (Lipinski definition) is 0. The lowest BCUT2D eigenvalue weighted by Gasteiger charge is -2.00. The van der Waals surface area contributed by atoms with Gasteiger partial charge in [0.05, 0.1) is 0 Å². The second kappa shape index (κ2) is 16.8. The van der Waals surface area contributed by atoms with Gasteiger partial charge >= 0.3 is 0 Å². The smallest absolute Gasteiger partial charge is 0.0156 e. The van der Waals surface area contributed by atoms with Crippen LogP contribution in [0.4, 0.5) is 0 Å². The van der Waals surface area contributed by atoms with Crippen molar-refractivity contribution in [2.75, 3.05) is 0 Å². The molecular weight excluding hydrogens is 276 g/mol. The highest BCUT2D eigenvalue weighted by Crippen LogP contribution is 2.02. The van der Waals surface area contributed by atoms with Crippen molar-refractivity contribution < 1.29 is 0 Å². The largest absolute Gasteiger partial charge is 0.0958 e. The third kappa shape index (κ3) is 12.6. The Bertz CT molecular complexity index is 556. The molecule has 0 nitrogen and oxygen atoms in total. The van der Waals surface area contributed by atoms with Gasteiger partial charge in [0.2, 0.25) is 0 Å². The van der Waals surface area contributed by atoms with E-state index >= 15 is 0 Å². The Hall–Kier alpha value is -1.56. The highest BCUT2D eigenvalue weighted by Gasteiger charge is 1.93. The molecule has 0 aliphatic rings. The van der Waals surface area contributed by atoms with Crippen molar-refractivity contribution in [2.45, 2.75) is 75.7 Å². The average molecular weight is 317 g/mol. The van der Waals surface area contributed by atoms with Crippen molar-refractivity contribution in [3.8, 4) is 0 Å². The van der Waals surface area contributed by atoms with Crippen LogP contribution in [-0.2, 0) is 0 Å². The molecular formula is C23H40. The molecule has 0 amide bonds. The van der Waals surface area contributed by atoms with E-state index in [0.717, 1.165) is 10.8 Å². The fourth-order valence-corrected chi connectivity index (χ4v) is 1.47. The highest BCUT2D eigenvalue weighted by molar-refractivity contribution is 5.60. The lowest BCUT2D eigenvalue weighted by atomic mass is 10.1. The van der Waals surface area contributed by atoms with Crippen molar-refractivity contribution in [1.82, 2.24) is 0 Å². The molecule has 0 aliphatic heterocycles. The molecule has 0 fully saturated rings. The highest BCUT2D eigenvalue weighted by atomic mass is 14.0. The summed E-state index contributed by atoms with van der Waals surface area (Å²) in [6.45, 7) is 28.5. The predicted octanol–water partition coefficient (Wildman–Crippen LogP) is 6.57. The van der Waals surface area contributed by atoms with E-state index in [9.17, 15) is 0 Å². The Morgan fingerprint density at radius 1 is 1.04 bits per heavy atom. The van der Waals surface area contributed by atoms with Gasteiger partial charge in [0.1, 0.15) is 0 Å². The minimum absolute atomic E-state index is 1.08. The van der Waals surface area contributed by atoms with E-state index in [-0.39, 0.29) is 0 Å². The predicted molar refractivity (Wildman–Crippen MR) is 112 cm³/mol. The Morgan fingerprint density at radius 3 is 1.83 bits per heavy atom. The molecule has 0 bridgehead atoms. The van der Waals surface area contributed by atoms with Gasteiger partial charge in [0.25, 0.3) is 0 Å². The number of aryl methyl sites for hydroxylation is 1. The van der Waals surface area contributed by atoms with Crippen LogP contribution in [-0.4, -0.2) is 0 Å². The van der Waals surface area contributed by atoms with Crippen molar-refractivity contribution >= 4 is 12.2 Å². The van der Waals surface area contributed by atoms with Crippen molar-refractivity contribution in [3.63, 3.8) is 0 Å². The van der Waals surface area contributed by atoms with E-state index in [0.29, 0.717) is 0 Å². The first-order valence-corrected chi connectivity index (χ1v) is 8.87. The molecule has 0 atom stereocenters. The first kappa shape index (κ1) is 26.3. The van der Waals surface area contributed by atoms with Gasteiger partial charge < -0.3 is 0 Å². The van der Waals surface area contributed by atoms with Gasteiger partial charge in [-0.15, -0.1) is 0 Å². The van der Waals surface area contributed by atoms with Crippen LogP contribution in [0.3, 0.4) is 0 Å². The Morgan fingerprint density at radius 2 is 1.52 bits per heavy atom. The maximum Gasteiger partial charge on any atom is -0.0156 e. The lowest BCUT2D eigenvalue weighted by Crippen LogP contribution is -2.25. The van der Waals surface area contributed by atoms with Crippen LogP contribution in [0.2, 0.25) is 0 Å². The van der Waals surface area contributed by atoms with E-state index in [1.165, 1.54) is 28.3 Å². The van der Waals surface area contributed by atoms with E-state index in [1.807, 2.05) is 34.6 Å². The lowest BCUT2D eigenvalue weighted by molar-refractivity contribution is 1.09. The van der Waals surface area contributed by atoms with Crippen molar-refractivity contribution in [1.29, 1.82) is 0 Å². The zero-order valence-corrected chi connectivity index (χ0v) is 17.4. The molecule has 1 rings (SSSR count). The van der Waals surface area contributed by atoms with Crippen molar-refractivity contribution in [2.24, 2.45) is 0 Å². The molecule has 0 saturated carbocycles. The topological polar surface area (TPSA) is 0 Å². The zero-order chi connectivity index (χ0) is 19.0. The maximum absolute atomic E-state index is 4.00. The van der Waals surface area contributed by atoms with Gasteiger partial charge in [-0.25, -0.2) is 0 Å². The third-order valence-corrected chi connectivity index (χ3v) is 3.36. The average Bonchev–Trinajstić information content (AvgIpc) is 2.59. The van der Waals surface area contributed by atoms with Gasteiger partial charge in [-0.05, 0) is 57.0 Å². The van der Waals surface area contributed by atoms with Gasteiger partial charge in [0.15, 0.2) is 0 Å². The summed E-state index contributed by atoms with van der Waals surface area (Å²) in [7, 11) is 0. The fourth-order valence-electron chi connectivity index (χ4n) is 1.47. The molecule has 1 aromatic rings. The van der Waals surface area contributed by atoms with E-state index < -0.39 is 0 Å². The Balaban J connectivity index is -0.000000338. The fraction of sp³-hybridized carbons (Fsp3) is 0.478. The molecule has 1 aromatic carbocycles. The molecule has 132 valence electrons. The van der Waals surface area contributed by atoms with Crippen LogP contribution in [0, 0.1) is 6.92 Å². The number of hydrogen-bond acceptors (Lipinski definition) is 0. The summed E-state index contributed by atoms with van der Waals surface area (Å²) in [5.41, 5.74) is 5.07. The minimum Gasteiger partial charge on any atom is -0.0958 e. The molecule has 0 unspecified atom stereocenters. The summed E-state index contributed by atoms with van der Waals surface area (Å²) < 4.78 is 0. The van der Waals surface area contributed by atoms with Crippen LogP contribution in [0.25, 0.3) is 12.2 Å². The normalized spacial score (nSPS) is 10.8. The number of rotatable bonds is 2. The molecule has 0 aliphatic carbocycles. The maximum atomic E-state index is 4.00. The molecule has 0 saturated heterocycles. The third-order valence-electron chi connectivity index (χ3n) is 3.36. The number of allylic oxidation sites excluding steroid dienone is 3. The minimum atomic E-state index is 1.08. The summed E-state index contributed by atoms with van der Waals surface area (Å²) in [6, 6.07) is 6.29. The Kier molecular flexibility index (Phi) is 19.2. The zero-order valence-electron chi connectivity index (χ0n) is 17.4. The van der Waals surface area contributed by atoms with Gasteiger partial charge in [-0.1, -0.05) is 88.8 Å². The Labute approximate surface area is 146 Å². The van der Waals surface area contributed by atoms with Crippen LogP contribution in [0.15, 0.2) is 42.0 Å². The summed E-state index contributed by atoms with van der Waals surface area (Å²) in [5.74, 6) is 0. The quantitative estimate of drug-likeness (QED) is 0.541. The van der Waals surface area contributed by atoms with Crippen LogP contribution >= 0.6 is 0 Å². The summed E-state index contributed by atoms with van der Waals surface area (Å²) in [6.07, 6.45) is 3.33. The first-order valence-electron chi connectivity index (χ1n) is 8.87. The molecule has 0 radical (unpaired) electrons. The van der Waals surface area contributed by atoms with Gasteiger partial charge in [-0.2, -0.15) is 0 Å². The molecule has 0 N–H and O–H groups in total. The van der Waals surface area contributed by atoms with Crippen molar-refractivity contribution in [3.05, 3.63) is 58.0 Å². The number of benzene rings is 1. The SMILES string of the molecule is C/C=C(\C)CC.C=C(C)/C(C)=c1\cc(C)ccc1=C.CC.CC.